The second kappa shape index (κ2) is 4.69. The van der Waals surface area contributed by atoms with Gasteiger partial charge in [0.2, 0.25) is 0 Å². The summed E-state index contributed by atoms with van der Waals surface area (Å²) in [6, 6.07) is 4.12. The van der Waals surface area contributed by atoms with Gasteiger partial charge in [-0.05, 0) is 48.5 Å². The molecule has 0 aliphatic carbocycles. The molecule has 1 atom stereocenters. The van der Waals surface area contributed by atoms with Gasteiger partial charge in [-0.2, -0.15) is 11.8 Å². The summed E-state index contributed by atoms with van der Waals surface area (Å²) in [7, 11) is 0. The quantitative estimate of drug-likeness (QED) is 0.826. The third kappa shape index (κ3) is 2.64. The molecule has 2 rings (SSSR count). The molecule has 0 aromatic carbocycles. The lowest BCUT2D eigenvalue weighted by atomic mass is 10.1. The molecule has 1 aliphatic rings. The lowest BCUT2D eigenvalue weighted by Crippen LogP contribution is -2.14. The van der Waals surface area contributed by atoms with Crippen molar-refractivity contribution in [3.8, 4) is 0 Å². The molecular formula is C11H16N2S. The number of pyridine rings is 1. The van der Waals surface area contributed by atoms with Crippen LogP contribution in [0.5, 0.6) is 0 Å². The zero-order valence-corrected chi connectivity index (χ0v) is 9.31. The minimum absolute atomic E-state index is 0.835. The molecular weight excluding hydrogens is 192 g/mol. The highest BCUT2D eigenvalue weighted by Crippen LogP contribution is 2.23. The van der Waals surface area contributed by atoms with Gasteiger partial charge in [0.15, 0.2) is 0 Å². The Morgan fingerprint density at radius 1 is 1.64 bits per heavy atom. The monoisotopic (exact) mass is 208 g/mol. The summed E-state index contributed by atoms with van der Waals surface area (Å²) in [6.45, 7) is 3.17. The van der Waals surface area contributed by atoms with Crippen molar-refractivity contribution in [3.63, 3.8) is 0 Å². The minimum atomic E-state index is 0.835. The Morgan fingerprint density at radius 2 is 2.57 bits per heavy atom. The van der Waals surface area contributed by atoms with Gasteiger partial charge in [0.05, 0.1) is 0 Å². The highest BCUT2D eigenvalue weighted by molar-refractivity contribution is 7.99. The van der Waals surface area contributed by atoms with Gasteiger partial charge in [0, 0.05) is 12.7 Å². The predicted molar refractivity (Wildman–Crippen MR) is 62.9 cm³/mol. The van der Waals surface area contributed by atoms with E-state index in [1.807, 2.05) is 12.3 Å². The van der Waals surface area contributed by atoms with Gasteiger partial charge in [0.25, 0.3) is 0 Å². The number of hydrogen-bond acceptors (Lipinski definition) is 3. The van der Waals surface area contributed by atoms with Crippen LogP contribution in [0, 0.1) is 12.8 Å². The van der Waals surface area contributed by atoms with Crippen molar-refractivity contribution in [1.29, 1.82) is 0 Å². The van der Waals surface area contributed by atoms with E-state index < -0.39 is 0 Å². The van der Waals surface area contributed by atoms with Crippen LogP contribution in [-0.4, -0.2) is 23.0 Å². The maximum Gasteiger partial charge on any atom is 0.126 e. The maximum atomic E-state index is 4.28. The standard InChI is InChI=1S/C11H16N2S/c1-9-2-4-12-11(6-9)13-7-10-3-5-14-8-10/h2,4,6,10H,3,5,7-8H2,1H3,(H,12,13). The predicted octanol–water partition coefficient (Wildman–Crippen LogP) is 2.56. The van der Waals surface area contributed by atoms with Crippen LogP contribution in [0.2, 0.25) is 0 Å². The van der Waals surface area contributed by atoms with Crippen LogP contribution in [-0.2, 0) is 0 Å². The molecule has 2 heterocycles. The highest BCUT2D eigenvalue weighted by Gasteiger charge is 2.14. The van der Waals surface area contributed by atoms with E-state index in [1.165, 1.54) is 23.5 Å². The molecule has 0 saturated carbocycles. The second-order valence-corrected chi connectivity index (χ2v) is 4.98. The summed E-state index contributed by atoms with van der Waals surface area (Å²) in [6.07, 6.45) is 3.21. The van der Waals surface area contributed by atoms with E-state index in [0.29, 0.717) is 0 Å². The molecule has 76 valence electrons. The van der Waals surface area contributed by atoms with E-state index >= 15 is 0 Å². The lowest BCUT2D eigenvalue weighted by molar-refractivity contribution is 0.630. The Balaban J connectivity index is 1.85. The number of rotatable bonds is 3. The molecule has 1 N–H and O–H groups in total. The largest absolute Gasteiger partial charge is 0.370 e. The summed E-state index contributed by atoms with van der Waals surface area (Å²) < 4.78 is 0. The van der Waals surface area contributed by atoms with Gasteiger partial charge < -0.3 is 5.32 Å². The zero-order valence-electron chi connectivity index (χ0n) is 8.49. The van der Waals surface area contributed by atoms with Crippen molar-refractivity contribution >= 4 is 17.6 Å². The summed E-state index contributed by atoms with van der Waals surface area (Å²) in [4.78, 5) is 4.28. The SMILES string of the molecule is Cc1ccnc(NCC2CCSC2)c1. The number of thioether (sulfide) groups is 1. The van der Waals surface area contributed by atoms with Gasteiger partial charge in [0.1, 0.15) is 5.82 Å². The first kappa shape index (κ1) is 9.84. The fraction of sp³-hybridized carbons (Fsp3) is 0.545. The van der Waals surface area contributed by atoms with Crippen LogP contribution in [0.3, 0.4) is 0 Å². The van der Waals surface area contributed by atoms with Gasteiger partial charge >= 0.3 is 0 Å². The van der Waals surface area contributed by atoms with Crippen LogP contribution in [0.1, 0.15) is 12.0 Å². The van der Waals surface area contributed by atoms with Crippen LogP contribution in [0.4, 0.5) is 5.82 Å². The van der Waals surface area contributed by atoms with E-state index in [1.54, 1.807) is 0 Å². The highest BCUT2D eigenvalue weighted by atomic mass is 32.2. The van der Waals surface area contributed by atoms with Crippen LogP contribution < -0.4 is 5.32 Å². The van der Waals surface area contributed by atoms with Crippen molar-refractivity contribution in [2.75, 3.05) is 23.4 Å². The van der Waals surface area contributed by atoms with Gasteiger partial charge in [-0.15, -0.1) is 0 Å². The fourth-order valence-corrected chi connectivity index (χ4v) is 2.91. The normalized spacial score (nSPS) is 21.1. The maximum absolute atomic E-state index is 4.28. The third-order valence-electron chi connectivity index (χ3n) is 2.51. The molecule has 1 aromatic rings. The number of nitrogens with zero attached hydrogens (tertiary/aromatic N) is 1. The zero-order chi connectivity index (χ0) is 9.80. The average Bonchev–Trinajstić information content (AvgIpc) is 2.67. The molecule has 0 spiro atoms. The summed E-state index contributed by atoms with van der Waals surface area (Å²) in [5.74, 6) is 4.48. The summed E-state index contributed by atoms with van der Waals surface area (Å²) in [5.41, 5.74) is 1.27. The molecule has 1 aromatic heterocycles. The molecule has 0 radical (unpaired) electrons. The van der Waals surface area contributed by atoms with E-state index in [0.717, 1.165) is 18.3 Å². The molecule has 0 bridgehead atoms. The lowest BCUT2D eigenvalue weighted by Gasteiger charge is -2.10. The van der Waals surface area contributed by atoms with Gasteiger partial charge in [-0.25, -0.2) is 4.98 Å². The summed E-state index contributed by atoms with van der Waals surface area (Å²) >= 11 is 2.06. The topological polar surface area (TPSA) is 24.9 Å². The molecule has 2 nitrogen and oxygen atoms in total. The fourth-order valence-electron chi connectivity index (χ4n) is 1.63. The van der Waals surface area contributed by atoms with Crippen molar-refractivity contribution in [2.45, 2.75) is 13.3 Å². The molecule has 14 heavy (non-hydrogen) atoms. The first-order valence-corrected chi connectivity index (χ1v) is 6.24. The Morgan fingerprint density at radius 3 is 3.29 bits per heavy atom. The van der Waals surface area contributed by atoms with Crippen molar-refractivity contribution in [1.82, 2.24) is 4.98 Å². The van der Waals surface area contributed by atoms with Crippen LogP contribution in [0.25, 0.3) is 0 Å². The molecule has 1 fully saturated rings. The van der Waals surface area contributed by atoms with Crippen LogP contribution >= 0.6 is 11.8 Å². The third-order valence-corrected chi connectivity index (χ3v) is 3.74. The Kier molecular flexibility index (Phi) is 3.30. The van der Waals surface area contributed by atoms with E-state index in [4.69, 9.17) is 0 Å². The van der Waals surface area contributed by atoms with E-state index in [9.17, 15) is 0 Å². The number of aryl methyl sites for hydroxylation is 1. The Labute approximate surface area is 89.5 Å². The Hall–Kier alpha value is -0.700. The smallest absolute Gasteiger partial charge is 0.126 e. The van der Waals surface area contributed by atoms with Crippen LogP contribution in [0.15, 0.2) is 18.3 Å². The van der Waals surface area contributed by atoms with Gasteiger partial charge in [-0.1, -0.05) is 0 Å². The average molecular weight is 208 g/mol. The first-order chi connectivity index (χ1) is 6.84. The molecule has 1 aliphatic heterocycles. The van der Waals surface area contributed by atoms with Crippen molar-refractivity contribution in [3.05, 3.63) is 23.9 Å². The molecule has 3 heteroatoms. The second-order valence-electron chi connectivity index (χ2n) is 3.83. The Bertz CT molecular complexity index is 295. The minimum Gasteiger partial charge on any atom is -0.370 e. The number of aromatic nitrogens is 1. The van der Waals surface area contributed by atoms with E-state index in [-0.39, 0.29) is 0 Å². The van der Waals surface area contributed by atoms with Crippen molar-refractivity contribution in [2.24, 2.45) is 5.92 Å². The molecule has 1 saturated heterocycles. The van der Waals surface area contributed by atoms with Crippen molar-refractivity contribution < 1.29 is 0 Å². The first-order valence-electron chi connectivity index (χ1n) is 5.09. The number of anilines is 1. The molecule has 1 unspecified atom stereocenters. The van der Waals surface area contributed by atoms with Gasteiger partial charge in [-0.3, -0.25) is 0 Å². The van der Waals surface area contributed by atoms with E-state index in [2.05, 4.69) is 35.1 Å². The number of nitrogens with one attached hydrogen (secondary N) is 1. The summed E-state index contributed by atoms with van der Waals surface area (Å²) in [5, 5.41) is 3.40. The molecule has 0 amide bonds. The number of hydrogen-bond donors (Lipinski definition) is 1.